The number of sulfonamides is 1. The van der Waals surface area contributed by atoms with Crippen LogP contribution in [0.5, 0.6) is 0 Å². The molecule has 0 fully saturated rings. The molecule has 1 heterocycles. The summed E-state index contributed by atoms with van der Waals surface area (Å²) in [5.74, 6) is -1.99. The number of nitrogens with one attached hydrogen (secondary N) is 2. The number of aliphatic imine (C=N–C) groups is 1. The number of aryl methyl sites for hydroxylation is 1. The Balaban J connectivity index is 2.08. The van der Waals surface area contributed by atoms with Crippen LogP contribution in [0.15, 0.2) is 64.5 Å². The van der Waals surface area contributed by atoms with Crippen molar-refractivity contribution >= 4 is 21.8 Å². The lowest BCUT2D eigenvalue weighted by Gasteiger charge is -2.26. The summed E-state index contributed by atoms with van der Waals surface area (Å²) in [5, 5.41) is 2.01. The Hall–Kier alpha value is -2.72. The molecule has 1 amide bonds. The van der Waals surface area contributed by atoms with Crippen molar-refractivity contribution in [2.24, 2.45) is 4.99 Å². The van der Waals surface area contributed by atoms with Crippen LogP contribution in [-0.4, -0.2) is 32.0 Å². The highest BCUT2D eigenvalue weighted by Crippen LogP contribution is 2.36. The predicted octanol–water partition coefficient (Wildman–Crippen LogP) is 2.11. The van der Waals surface area contributed by atoms with Gasteiger partial charge in [0.1, 0.15) is 5.84 Å². The van der Waals surface area contributed by atoms with Gasteiger partial charge in [-0.3, -0.25) is 4.79 Å². The Bertz CT molecular complexity index is 1000. The molecule has 0 aliphatic carbocycles. The second-order valence-electron chi connectivity index (χ2n) is 5.91. The van der Waals surface area contributed by atoms with Crippen LogP contribution >= 0.6 is 0 Å². The van der Waals surface area contributed by atoms with Crippen molar-refractivity contribution in [2.45, 2.75) is 23.7 Å². The van der Waals surface area contributed by atoms with Crippen molar-refractivity contribution in [1.82, 2.24) is 10.0 Å². The molecule has 0 aromatic heterocycles. The molecular weight excluding hydrogens is 383 g/mol. The zero-order valence-corrected chi connectivity index (χ0v) is 14.7. The molecule has 2 aromatic carbocycles. The predicted molar refractivity (Wildman–Crippen MR) is 91.4 cm³/mol. The number of rotatable bonds is 4. The molecule has 0 saturated heterocycles. The average Bonchev–Trinajstić information content (AvgIpc) is 2.93. The first-order valence-electron chi connectivity index (χ1n) is 7.69. The van der Waals surface area contributed by atoms with Crippen molar-refractivity contribution in [3.8, 4) is 0 Å². The first kappa shape index (κ1) is 19.1. The summed E-state index contributed by atoms with van der Waals surface area (Å²) < 4.78 is 67.7. The van der Waals surface area contributed by atoms with Gasteiger partial charge < -0.3 is 5.32 Å². The quantitative estimate of drug-likeness (QED) is 0.828. The Morgan fingerprint density at radius 1 is 1.04 bits per heavy atom. The van der Waals surface area contributed by atoms with Gasteiger partial charge in [-0.15, -0.1) is 0 Å². The first-order valence-corrected chi connectivity index (χ1v) is 9.18. The molecule has 1 atom stereocenters. The molecule has 2 N–H and O–H groups in total. The SMILES string of the molecule is Cc1ccc(S(=O)(=O)N[C@]2(C(F)(F)F)N=C(c3ccccc3)NC2=O)cc1. The van der Waals surface area contributed by atoms with Crippen LogP contribution in [-0.2, 0) is 14.8 Å². The summed E-state index contributed by atoms with van der Waals surface area (Å²) in [6.07, 6.45) is -5.30. The number of nitrogens with zero attached hydrogens (tertiary/aromatic N) is 1. The number of alkyl halides is 3. The zero-order valence-electron chi connectivity index (χ0n) is 13.9. The van der Waals surface area contributed by atoms with Crippen LogP contribution in [0.4, 0.5) is 13.2 Å². The van der Waals surface area contributed by atoms with E-state index >= 15 is 0 Å². The van der Waals surface area contributed by atoms with Crippen LogP contribution in [0.1, 0.15) is 11.1 Å². The van der Waals surface area contributed by atoms with E-state index in [4.69, 9.17) is 0 Å². The number of halogens is 3. The van der Waals surface area contributed by atoms with E-state index in [1.807, 2.05) is 5.32 Å². The molecular formula is C17H14F3N3O3S. The Kier molecular flexibility index (Phi) is 4.56. The standard InChI is InChI=1S/C17H14F3N3O3S/c1-11-7-9-13(10-8-11)27(25,26)23-16(17(18,19)20)15(24)21-14(22-16)12-5-3-2-4-6-12/h2-10,23H,1H3,(H,21,22,24)/t16-/m1/s1. The number of carbonyl (C=O) groups excluding carboxylic acids is 1. The normalized spacial score (nSPS) is 20.3. The summed E-state index contributed by atoms with van der Waals surface area (Å²) in [7, 11) is -4.68. The molecule has 6 nitrogen and oxygen atoms in total. The number of hydrogen-bond donors (Lipinski definition) is 2. The fourth-order valence-electron chi connectivity index (χ4n) is 2.47. The van der Waals surface area contributed by atoms with Gasteiger partial charge in [-0.2, -0.15) is 17.9 Å². The fourth-order valence-corrected chi connectivity index (χ4v) is 3.72. The third-order valence-corrected chi connectivity index (χ3v) is 5.37. The van der Waals surface area contributed by atoms with Crippen molar-refractivity contribution in [1.29, 1.82) is 0 Å². The molecule has 0 spiro atoms. The Labute approximate surface area is 153 Å². The van der Waals surface area contributed by atoms with Gasteiger partial charge in [0.15, 0.2) is 0 Å². The molecule has 1 aliphatic heterocycles. The highest BCUT2D eigenvalue weighted by molar-refractivity contribution is 7.89. The molecule has 1 aliphatic rings. The smallest absolute Gasteiger partial charge is 0.307 e. The van der Waals surface area contributed by atoms with Gasteiger partial charge in [0.25, 0.3) is 5.91 Å². The lowest BCUT2D eigenvalue weighted by atomic mass is 10.2. The molecule has 0 saturated carbocycles. The highest BCUT2D eigenvalue weighted by Gasteiger charge is 2.66. The minimum atomic E-state index is -5.30. The largest absolute Gasteiger partial charge is 0.437 e. The summed E-state index contributed by atoms with van der Waals surface area (Å²) in [6, 6.07) is 12.8. The zero-order chi connectivity index (χ0) is 19.9. The Morgan fingerprint density at radius 3 is 2.19 bits per heavy atom. The van der Waals surface area contributed by atoms with Crippen molar-refractivity contribution in [3.05, 3.63) is 65.7 Å². The van der Waals surface area contributed by atoms with E-state index in [0.29, 0.717) is 0 Å². The van der Waals surface area contributed by atoms with E-state index in [2.05, 4.69) is 4.99 Å². The van der Waals surface area contributed by atoms with E-state index in [9.17, 15) is 26.4 Å². The van der Waals surface area contributed by atoms with Gasteiger partial charge in [0.05, 0.1) is 4.90 Å². The van der Waals surface area contributed by atoms with Gasteiger partial charge in [-0.1, -0.05) is 48.0 Å². The number of amidine groups is 1. The molecule has 0 unspecified atom stereocenters. The second-order valence-corrected chi connectivity index (χ2v) is 7.59. The number of hydrogen-bond acceptors (Lipinski definition) is 4. The third kappa shape index (κ3) is 3.45. The van der Waals surface area contributed by atoms with Crippen molar-refractivity contribution in [2.75, 3.05) is 0 Å². The van der Waals surface area contributed by atoms with Gasteiger partial charge in [0, 0.05) is 5.56 Å². The van der Waals surface area contributed by atoms with E-state index in [0.717, 1.165) is 17.7 Å². The summed E-state index contributed by atoms with van der Waals surface area (Å²) in [5.41, 5.74) is -2.71. The van der Waals surface area contributed by atoms with Crippen molar-refractivity contribution < 1.29 is 26.4 Å². The summed E-state index contributed by atoms with van der Waals surface area (Å²) in [4.78, 5) is 15.2. The van der Waals surface area contributed by atoms with Crippen LogP contribution in [0.2, 0.25) is 0 Å². The van der Waals surface area contributed by atoms with Crippen LogP contribution in [0, 0.1) is 6.92 Å². The van der Waals surface area contributed by atoms with Crippen LogP contribution in [0.25, 0.3) is 0 Å². The Morgan fingerprint density at radius 2 is 1.63 bits per heavy atom. The molecule has 27 heavy (non-hydrogen) atoms. The lowest BCUT2D eigenvalue weighted by Crippen LogP contribution is -2.62. The maximum atomic E-state index is 13.8. The molecule has 2 aromatic rings. The maximum Gasteiger partial charge on any atom is 0.437 e. The minimum Gasteiger partial charge on any atom is -0.307 e. The van der Waals surface area contributed by atoms with Crippen LogP contribution in [0.3, 0.4) is 0 Å². The van der Waals surface area contributed by atoms with Crippen LogP contribution < -0.4 is 10.0 Å². The average molecular weight is 397 g/mol. The van der Waals surface area contributed by atoms with E-state index in [1.165, 1.54) is 29.0 Å². The van der Waals surface area contributed by atoms with Gasteiger partial charge in [0.2, 0.25) is 10.0 Å². The monoisotopic (exact) mass is 397 g/mol. The van der Waals surface area contributed by atoms with E-state index in [1.54, 1.807) is 25.1 Å². The number of carbonyl (C=O) groups is 1. The second kappa shape index (κ2) is 6.46. The minimum absolute atomic E-state index is 0.214. The summed E-state index contributed by atoms with van der Waals surface area (Å²) >= 11 is 0. The maximum absolute atomic E-state index is 13.8. The molecule has 3 rings (SSSR count). The topological polar surface area (TPSA) is 87.6 Å². The van der Waals surface area contributed by atoms with E-state index in [-0.39, 0.29) is 11.4 Å². The van der Waals surface area contributed by atoms with Gasteiger partial charge in [-0.25, -0.2) is 13.4 Å². The lowest BCUT2D eigenvalue weighted by molar-refractivity contribution is -0.190. The number of amides is 1. The molecule has 10 heteroatoms. The van der Waals surface area contributed by atoms with Gasteiger partial charge in [-0.05, 0) is 19.1 Å². The van der Waals surface area contributed by atoms with Gasteiger partial charge >= 0.3 is 11.8 Å². The molecule has 0 radical (unpaired) electrons. The highest BCUT2D eigenvalue weighted by atomic mass is 32.2. The first-order chi connectivity index (χ1) is 12.6. The molecule has 142 valence electrons. The summed E-state index contributed by atoms with van der Waals surface area (Å²) in [6.45, 7) is 1.70. The molecule has 0 bridgehead atoms. The fraction of sp³-hybridized carbons (Fsp3) is 0.176. The number of benzene rings is 2. The van der Waals surface area contributed by atoms with E-state index < -0.39 is 32.7 Å². The third-order valence-electron chi connectivity index (χ3n) is 3.91. The van der Waals surface area contributed by atoms with Crippen molar-refractivity contribution in [3.63, 3.8) is 0 Å².